The lowest BCUT2D eigenvalue weighted by Crippen LogP contribution is -2.48. The number of hydrogen-bond acceptors (Lipinski definition) is 5. The van der Waals surface area contributed by atoms with Gasteiger partial charge in [0.25, 0.3) is 5.91 Å². The smallest absolute Gasteiger partial charge is 0.254 e. The lowest BCUT2D eigenvalue weighted by molar-refractivity contribution is 0.0630. The van der Waals surface area contributed by atoms with Gasteiger partial charge in [-0.3, -0.25) is 9.69 Å². The van der Waals surface area contributed by atoms with Crippen LogP contribution in [0.15, 0.2) is 66.7 Å². The van der Waals surface area contributed by atoms with E-state index in [1.54, 1.807) is 12.1 Å². The first-order chi connectivity index (χ1) is 17.5. The summed E-state index contributed by atoms with van der Waals surface area (Å²) in [6.07, 6.45) is 0. The van der Waals surface area contributed by atoms with Crippen LogP contribution in [0.25, 0.3) is 22.2 Å². The van der Waals surface area contributed by atoms with Gasteiger partial charge in [0, 0.05) is 43.7 Å². The number of carbonyl (C=O) groups excluding carboxylic acids is 1. The van der Waals surface area contributed by atoms with E-state index in [9.17, 15) is 4.79 Å². The Bertz CT molecular complexity index is 1470. The van der Waals surface area contributed by atoms with Crippen molar-refractivity contribution in [2.75, 3.05) is 33.0 Å². The predicted molar refractivity (Wildman–Crippen MR) is 141 cm³/mol. The Morgan fingerprint density at radius 3 is 2.50 bits per heavy atom. The van der Waals surface area contributed by atoms with E-state index in [1.807, 2.05) is 53.4 Å². The van der Waals surface area contributed by atoms with Gasteiger partial charge in [0.2, 0.25) is 6.79 Å². The minimum absolute atomic E-state index is 0.0117. The molecule has 0 saturated carbocycles. The Kier molecular flexibility index (Phi) is 6.17. The number of pyridine rings is 1. The molecule has 2 aliphatic heterocycles. The van der Waals surface area contributed by atoms with Crippen LogP contribution in [0.2, 0.25) is 10.0 Å². The summed E-state index contributed by atoms with van der Waals surface area (Å²) >= 11 is 12.4. The molecule has 0 bridgehead atoms. The molecular formula is C28H23Cl2N3O3. The normalized spacial score (nSPS) is 15.4. The molecule has 1 saturated heterocycles. The van der Waals surface area contributed by atoms with Crippen LogP contribution in [0.4, 0.5) is 0 Å². The topological polar surface area (TPSA) is 54.9 Å². The number of ether oxygens (including phenoxy) is 2. The highest BCUT2D eigenvalue weighted by atomic mass is 35.5. The third-order valence-electron chi connectivity index (χ3n) is 6.66. The second-order valence-electron chi connectivity index (χ2n) is 8.96. The number of amides is 1. The molecule has 0 spiro atoms. The maximum absolute atomic E-state index is 13.7. The Labute approximate surface area is 219 Å². The van der Waals surface area contributed by atoms with Crippen LogP contribution >= 0.6 is 23.2 Å². The van der Waals surface area contributed by atoms with Crippen LogP contribution in [0.1, 0.15) is 15.9 Å². The summed E-state index contributed by atoms with van der Waals surface area (Å²) in [6, 6.07) is 21.1. The number of piperazine rings is 1. The van der Waals surface area contributed by atoms with Gasteiger partial charge in [-0.25, -0.2) is 4.98 Å². The average molecular weight is 520 g/mol. The second kappa shape index (κ2) is 9.62. The monoisotopic (exact) mass is 519 g/mol. The van der Waals surface area contributed by atoms with Gasteiger partial charge in [-0.05, 0) is 42.0 Å². The summed E-state index contributed by atoms with van der Waals surface area (Å²) in [4.78, 5) is 22.8. The number of carbonyl (C=O) groups is 1. The van der Waals surface area contributed by atoms with Gasteiger partial charge in [0.1, 0.15) is 0 Å². The molecule has 6 nitrogen and oxygen atoms in total. The summed E-state index contributed by atoms with van der Waals surface area (Å²) in [6.45, 7) is 3.98. The maximum Gasteiger partial charge on any atom is 0.254 e. The van der Waals surface area contributed by atoms with E-state index in [2.05, 4.69) is 11.0 Å². The molecule has 1 aromatic heterocycles. The number of benzene rings is 3. The van der Waals surface area contributed by atoms with Gasteiger partial charge in [-0.15, -0.1) is 0 Å². The molecule has 8 heteroatoms. The summed E-state index contributed by atoms with van der Waals surface area (Å²) in [7, 11) is 0. The number of nitrogens with zero attached hydrogens (tertiary/aromatic N) is 3. The molecule has 3 heterocycles. The van der Waals surface area contributed by atoms with Gasteiger partial charge in [0.05, 0.1) is 26.8 Å². The maximum atomic E-state index is 13.7. The van der Waals surface area contributed by atoms with Gasteiger partial charge in [0.15, 0.2) is 11.5 Å². The van der Waals surface area contributed by atoms with E-state index in [-0.39, 0.29) is 12.7 Å². The number of halogens is 2. The van der Waals surface area contributed by atoms with Crippen molar-refractivity contribution in [3.8, 4) is 22.8 Å². The zero-order valence-electron chi connectivity index (χ0n) is 19.4. The number of aromatic nitrogens is 1. The number of hydrogen-bond donors (Lipinski definition) is 0. The fourth-order valence-corrected chi connectivity index (χ4v) is 5.03. The van der Waals surface area contributed by atoms with Crippen LogP contribution in [-0.2, 0) is 6.54 Å². The molecule has 0 radical (unpaired) electrons. The van der Waals surface area contributed by atoms with Gasteiger partial charge < -0.3 is 14.4 Å². The Hall–Kier alpha value is -3.32. The molecule has 0 atom stereocenters. The molecule has 1 amide bonds. The van der Waals surface area contributed by atoms with Crippen LogP contribution in [0, 0.1) is 0 Å². The predicted octanol–water partition coefficient (Wildman–Crippen LogP) is 5.90. The summed E-state index contributed by atoms with van der Waals surface area (Å²) in [5, 5.41) is 1.78. The Balaban J connectivity index is 1.21. The van der Waals surface area contributed by atoms with E-state index in [1.165, 1.54) is 5.56 Å². The minimum Gasteiger partial charge on any atom is -0.454 e. The Morgan fingerprint density at radius 2 is 1.67 bits per heavy atom. The van der Waals surface area contributed by atoms with Crippen molar-refractivity contribution in [2.24, 2.45) is 0 Å². The van der Waals surface area contributed by atoms with Crippen molar-refractivity contribution in [1.29, 1.82) is 0 Å². The molecule has 1 fully saturated rings. The molecule has 4 aromatic rings. The summed E-state index contributed by atoms with van der Waals surface area (Å²) < 4.78 is 10.9. The quantitative estimate of drug-likeness (QED) is 0.336. The second-order valence-corrected chi connectivity index (χ2v) is 9.77. The van der Waals surface area contributed by atoms with E-state index < -0.39 is 0 Å². The Morgan fingerprint density at radius 1 is 0.861 bits per heavy atom. The van der Waals surface area contributed by atoms with Crippen LogP contribution in [0.3, 0.4) is 0 Å². The van der Waals surface area contributed by atoms with Gasteiger partial charge in [-0.1, -0.05) is 53.5 Å². The molecule has 0 N–H and O–H groups in total. The van der Waals surface area contributed by atoms with Crippen molar-refractivity contribution in [3.05, 3.63) is 87.9 Å². The molecule has 0 unspecified atom stereocenters. The largest absolute Gasteiger partial charge is 0.454 e. The lowest BCUT2D eigenvalue weighted by atomic mass is 10.0. The summed E-state index contributed by atoms with van der Waals surface area (Å²) in [5.74, 6) is 1.60. The van der Waals surface area contributed by atoms with Crippen LogP contribution < -0.4 is 9.47 Å². The van der Waals surface area contributed by atoms with E-state index in [0.29, 0.717) is 34.4 Å². The first kappa shape index (κ1) is 23.1. The highest BCUT2D eigenvalue weighted by Gasteiger charge is 2.25. The SMILES string of the molecule is O=C(c1cc(-c2ccc(Cl)c(Cl)c2)nc2ccccc12)N1CCN(Cc2ccc3c(c2)OCO3)CC1. The molecule has 6 rings (SSSR count). The van der Waals surface area contributed by atoms with Crippen molar-refractivity contribution in [3.63, 3.8) is 0 Å². The van der Waals surface area contributed by atoms with E-state index >= 15 is 0 Å². The third-order valence-corrected chi connectivity index (χ3v) is 7.40. The van der Waals surface area contributed by atoms with E-state index in [4.69, 9.17) is 37.7 Å². The fraction of sp³-hybridized carbons (Fsp3) is 0.214. The highest BCUT2D eigenvalue weighted by molar-refractivity contribution is 6.42. The van der Waals surface area contributed by atoms with Crippen molar-refractivity contribution < 1.29 is 14.3 Å². The molecule has 2 aliphatic rings. The van der Waals surface area contributed by atoms with E-state index in [0.717, 1.165) is 47.6 Å². The van der Waals surface area contributed by atoms with Crippen molar-refractivity contribution in [2.45, 2.75) is 6.54 Å². The molecule has 0 aliphatic carbocycles. The third kappa shape index (κ3) is 4.48. The first-order valence-electron chi connectivity index (χ1n) is 11.8. The molecular weight excluding hydrogens is 497 g/mol. The highest BCUT2D eigenvalue weighted by Crippen LogP contribution is 2.33. The van der Waals surface area contributed by atoms with Gasteiger partial charge >= 0.3 is 0 Å². The lowest BCUT2D eigenvalue weighted by Gasteiger charge is -2.35. The summed E-state index contributed by atoms with van der Waals surface area (Å²) in [5.41, 5.74) is 4.09. The molecule has 36 heavy (non-hydrogen) atoms. The standard InChI is InChI=1S/C28H23Cl2N3O3/c29-22-7-6-19(14-23(22)30)25-15-21(20-3-1-2-4-24(20)31-25)28(34)33-11-9-32(10-12-33)16-18-5-8-26-27(13-18)36-17-35-26/h1-8,13-15H,9-12,16-17H2. The van der Waals surface area contributed by atoms with Crippen molar-refractivity contribution in [1.82, 2.24) is 14.8 Å². The van der Waals surface area contributed by atoms with Gasteiger partial charge in [-0.2, -0.15) is 0 Å². The fourth-order valence-electron chi connectivity index (χ4n) is 4.73. The zero-order valence-corrected chi connectivity index (χ0v) is 20.9. The first-order valence-corrected chi connectivity index (χ1v) is 12.6. The number of fused-ring (bicyclic) bond motifs is 2. The van der Waals surface area contributed by atoms with Crippen LogP contribution in [0.5, 0.6) is 11.5 Å². The average Bonchev–Trinajstić information content (AvgIpc) is 3.38. The molecule has 3 aromatic carbocycles. The number of para-hydroxylation sites is 1. The zero-order chi connectivity index (χ0) is 24.6. The number of rotatable bonds is 4. The minimum atomic E-state index is 0.0117. The van der Waals surface area contributed by atoms with Crippen LogP contribution in [-0.4, -0.2) is 53.7 Å². The van der Waals surface area contributed by atoms with Crippen molar-refractivity contribution >= 4 is 40.0 Å². The molecule has 182 valence electrons.